The maximum Gasteiger partial charge on any atom is 0.338 e. The highest BCUT2D eigenvalue weighted by Gasteiger charge is 2.15. The fourth-order valence-corrected chi connectivity index (χ4v) is 2.90. The Bertz CT molecular complexity index is 656. The predicted octanol–water partition coefficient (Wildman–Crippen LogP) is 0.515. The maximum absolute atomic E-state index is 12.1. The lowest BCUT2D eigenvalue weighted by Gasteiger charge is -2.11. The van der Waals surface area contributed by atoms with Gasteiger partial charge in [0.05, 0.1) is 17.1 Å². The normalized spacial score (nSPS) is 11.3. The summed E-state index contributed by atoms with van der Waals surface area (Å²) in [5.74, 6) is -0.681. The molecule has 24 heavy (non-hydrogen) atoms. The third-order valence-electron chi connectivity index (χ3n) is 2.90. The number of hydrogen-bond donors (Lipinski definition) is 2. The zero-order valence-electron chi connectivity index (χ0n) is 14.0. The van der Waals surface area contributed by atoms with Crippen molar-refractivity contribution < 1.29 is 22.7 Å². The Labute approximate surface area is 142 Å². The summed E-state index contributed by atoms with van der Waals surface area (Å²) < 4.78 is 31.5. The highest BCUT2D eigenvalue weighted by Crippen LogP contribution is 2.11. The standard InChI is InChI=1S/C15H23N3O5S/c1-4-23-15(20)12-7-9-13(10-8-12)24(21,22)16-11-5-6-14(19)17-18(2)3/h7-10,16H,4-6,11H2,1-3H3,(H,17,19). The molecule has 0 atom stereocenters. The van der Waals surface area contributed by atoms with E-state index in [1.54, 1.807) is 21.0 Å². The first-order valence-electron chi connectivity index (χ1n) is 7.50. The number of amides is 1. The van der Waals surface area contributed by atoms with Crippen molar-refractivity contribution >= 4 is 21.9 Å². The molecule has 0 aliphatic carbocycles. The fourth-order valence-electron chi connectivity index (χ4n) is 1.83. The molecule has 0 aliphatic rings. The summed E-state index contributed by atoms with van der Waals surface area (Å²) in [4.78, 5) is 23.0. The van der Waals surface area contributed by atoms with E-state index in [4.69, 9.17) is 4.74 Å². The smallest absolute Gasteiger partial charge is 0.338 e. The summed E-state index contributed by atoms with van der Waals surface area (Å²) in [6.45, 7) is 2.09. The van der Waals surface area contributed by atoms with Crippen LogP contribution in [0.1, 0.15) is 30.1 Å². The topological polar surface area (TPSA) is 105 Å². The van der Waals surface area contributed by atoms with Crippen LogP contribution in [0.15, 0.2) is 29.2 Å². The van der Waals surface area contributed by atoms with E-state index in [-0.39, 0.29) is 35.9 Å². The van der Waals surface area contributed by atoms with E-state index in [0.717, 1.165) is 0 Å². The zero-order chi connectivity index (χ0) is 18.2. The Morgan fingerprint density at radius 1 is 1.17 bits per heavy atom. The van der Waals surface area contributed by atoms with Crippen molar-refractivity contribution in [1.29, 1.82) is 0 Å². The summed E-state index contributed by atoms with van der Waals surface area (Å²) in [6.07, 6.45) is 0.586. The highest BCUT2D eigenvalue weighted by molar-refractivity contribution is 7.89. The van der Waals surface area contributed by atoms with Crippen molar-refractivity contribution in [1.82, 2.24) is 15.2 Å². The van der Waals surface area contributed by atoms with Crippen molar-refractivity contribution in [3.63, 3.8) is 0 Å². The van der Waals surface area contributed by atoms with Gasteiger partial charge in [-0.1, -0.05) is 0 Å². The Kier molecular flexibility index (Phi) is 7.83. The number of nitrogens with zero attached hydrogens (tertiary/aromatic N) is 1. The molecule has 0 radical (unpaired) electrons. The minimum atomic E-state index is -3.68. The van der Waals surface area contributed by atoms with E-state index in [9.17, 15) is 18.0 Å². The molecule has 1 rings (SSSR count). The molecule has 0 saturated carbocycles. The molecule has 0 heterocycles. The van der Waals surface area contributed by atoms with Crippen LogP contribution in [-0.2, 0) is 19.6 Å². The highest BCUT2D eigenvalue weighted by atomic mass is 32.2. The molecule has 0 unspecified atom stereocenters. The van der Waals surface area contributed by atoms with Crippen LogP contribution in [0.25, 0.3) is 0 Å². The predicted molar refractivity (Wildman–Crippen MR) is 88.7 cm³/mol. The molecular formula is C15H23N3O5S. The van der Waals surface area contributed by atoms with Crippen molar-refractivity contribution in [3.8, 4) is 0 Å². The van der Waals surface area contributed by atoms with E-state index < -0.39 is 16.0 Å². The van der Waals surface area contributed by atoms with Crippen LogP contribution in [0.5, 0.6) is 0 Å². The summed E-state index contributed by atoms with van der Waals surface area (Å²) in [5, 5.41) is 1.53. The van der Waals surface area contributed by atoms with Crippen LogP contribution in [0.4, 0.5) is 0 Å². The molecule has 1 amide bonds. The number of nitrogens with one attached hydrogen (secondary N) is 2. The quantitative estimate of drug-likeness (QED) is 0.379. The van der Waals surface area contributed by atoms with E-state index >= 15 is 0 Å². The van der Waals surface area contributed by atoms with Crippen molar-refractivity contribution in [2.75, 3.05) is 27.2 Å². The van der Waals surface area contributed by atoms with Crippen LogP contribution in [0.3, 0.4) is 0 Å². The minimum absolute atomic E-state index is 0.0493. The number of ether oxygens (including phenoxy) is 1. The van der Waals surface area contributed by atoms with Crippen molar-refractivity contribution in [3.05, 3.63) is 29.8 Å². The molecule has 134 valence electrons. The molecule has 0 aromatic heterocycles. The van der Waals surface area contributed by atoms with Crippen molar-refractivity contribution in [2.24, 2.45) is 0 Å². The number of carbonyl (C=O) groups excluding carboxylic acids is 2. The molecule has 0 saturated heterocycles. The Balaban J connectivity index is 2.53. The van der Waals surface area contributed by atoms with Gasteiger partial charge in [-0.2, -0.15) is 0 Å². The first-order chi connectivity index (χ1) is 11.3. The number of sulfonamides is 1. The molecule has 0 bridgehead atoms. The molecule has 9 heteroatoms. The number of carbonyl (C=O) groups is 2. The number of benzene rings is 1. The second kappa shape index (κ2) is 9.36. The zero-order valence-corrected chi connectivity index (χ0v) is 14.9. The Morgan fingerprint density at radius 2 is 1.79 bits per heavy atom. The lowest BCUT2D eigenvalue weighted by molar-refractivity contribution is -0.124. The molecule has 0 fully saturated rings. The van der Waals surface area contributed by atoms with E-state index in [2.05, 4.69) is 10.1 Å². The van der Waals surface area contributed by atoms with Crippen LogP contribution >= 0.6 is 0 Å². The van der Waals surface area contributed by atoms with Gasteiger partial charge in [0.25, 0.3) is 0 Å². The fraction of sp³-hybridized carbons (Fsp3) is 0.467. The summed E-state index contributed by atoms with van der Waals surface area (Å²) >= 11 is 0. The van der Waals surface area contributed by atoms with Gasteiger partial charge in [-0.05, 0) is 37.6 Å². The van der Waals surface area contributed by atoms with Gasteiger partial charge in [0.1, 0.15) is 0 Å². The second-order valence-electron chi connectivity index (χ2n) is 5.18. The molecule has 0 spiro atoms. The molecule has 0 aliphatic heterocycles. The summed E-state index contributed by atoms with van der Waals surface area (Å²) in [5.41, 5.74) is 2.86. The minimum Gasteiger partial charge on any atom is -0.462 e. The third-order valence-corrected chi connectivity index (χ3v) is 4.37. The number of hydrogen-bond acceptors (Lipinski definition) is 6. The van der Waals surface area contributed by atoms with Crippen LogP contribution in [0, 0.1) is 0 Å². The van der Waals surface area contributed by atoms with E-state index in [1.165, 1.54) is 29.3 Å². The van der Waals surface area contributed by atoms with Gasteiger partial charge in [0, 0.05) is 27.1 Å². The first kappa shape index (κ1) is 20.1. The Morgan fingerprint density at radius 3 is 2.33 bits per heavy atom. The third kappa shape index (κ3) is 6.65. The summed E-state index contributed by atoms with van der Waals surface area (Å²) in [6, 6.07) is 5.48. The van der Waals surface area contributed by atoms with Gasteiger partial charge in [0.15, 0.2) is 0 Å². The van der Waals surface area contributed by atoms with Gasteiger partial charge >= 0.3 is 5.97 Å². The average molecular weight is 357 g/mol. The molecule has 1 aromatic rings. The molecule has 8 nitrogen and oxygen atoms in total. The summed E-state index contributed by atoms with van der Waals surface area (Å²) in [7, 11) is -0.290. The van der Waals surface area contributed by atoms with Gasteiger partial charge in [-0.25, -0.2) is 22.9 Å². The van der Waals surface area contributed by atoms with Crippen LogP contribution in [-0.4, -0.2) is 52.6 Å². The molecule has 1 aromatic carbocycles. The van der Waals surface area contributed by atoms with Crippen molar-refractivity contribution in [2.45, 2.75) is 24.7 Å². The second-order valence-corrected chi connectivity index (χ2v) is 6.94. The average Bonchev–Trinajstić information content (AvgIpc) is 2.51. The van der Waals surface area contributed by atoms with Gasteiger partial charge in [0.2, 0.25) is 15.9 Å². The van der Waals surface area contributed by atoms with Gasteiger partial charge < -0.3 is 4.74 Å². The number of esters is 1. The van der Waals surface area contributed by atoms with Crippen LogP contribution < -0.4 is 10.1 Å². The van der Waals surface area contributed by atoms with Crippen LogP contribution in [0.2, 0.25) is 0 Å². The van der Waals surface area contributed by atoms with Gasteiger partial charge in [-0.15, -0.1) is 0 Å². The lowest BCUT2D eigenvalue weighted by atomic mass is 10.2. The Hall–Kier alpha value is -1.97. The number of rotatable bonds is 9. The first-order valence-corrected chi connectivity index (χ1v) is 8.98. The van der Waals surface area contributed by atoms with E-state index in [0.29, 0.717) is 6.42 Å². The molecule has 2 N–H and O–H groups in total. The monoisotopic (exact) mass is 357 g/mol. The largest absolute Gasteiger partial charge is 0.462 e. The molecular weight excluding hydrogens is 334 g/mol. The number of hydrazine groups is 1. The lowest BCUT2D eigenvalue weighted by Crippen LogP contribution is -2.36. The SMILES string of the molecule is CCOC(=O)c1ccc(S(=O)(=O)NCCCC(=O)NN(C)C)cc1. The van der Waals surface area contributed by atoms with Gasteiger partial charge in [-0.3, -0.25) is 10.2 Å². The maximum atomic E-state index is 12.1. The van der Waals surface area contributed by atoms with E-state index in [1.807, 2.05) is 0 Å².